The Morgan fingerprint density at radius 3 is 2.67 bits per heavy atom. The van der Waals surface area contributed by atoms with Crippen molar-refractivity contribution in [2.75, 3.05) is 17.6 Å². The number of nitrogens with zero attached hydrogens (tertiary/aromatic N) is 2. The first-order valence-corrected chi connectivity index (χ1v) is 4.73. The highest BCUT2D eigenvalue weighted by Crippen LogP contribution is 2.20. The summed E-state index contributed by atoms with van der Waals surface area (Å²) >= 11 is 0. The molecular weight excluding hydrogens is 192 g/mol. The summed E-state index contributed by atoms with van der Waals surface area (Å²) in [6, 6.07) is 7.72. The molecule has 0 saturated heterocycles. The number of hydrogen-bond donors (Lipinski definition) is 2. The minimum Gasteiger partial charge on any atom is -0.403 e. The second-order valence-corrected chi connectivity index (χ2v) is 3.06. The Morgan fingerprint density at radius 1 is 1.27 bits per heavy atom. The van der Waals surface area contributed by atoms with Crippen LogP contribution in [0.4, 0.5) is 11.7 Å². The Hall–Kier alpha value is -2.04. The SMILES string of the molecule is CCNc1nnc(-c2ccc(N)cc2)o1. The van der Waals surface area contributed by atoms with Crippen molar-refractivity contribution in [3.63, 3.8) is 0 Å². The van der Waals surface area contributed by atoms with Crippen molar-refractivity contribution in [1.29, 1.82) is 0 Å². The number of nitrogens with one attached hydrogen (secondary N) is 1. The summed E-state index contributed by atoms with van der Waals surface area (Å²) in [6.07, 6.45) is 0. The lowest BCUT2D eigenvalue weighted by molar-refractivity contribution is 0.582. The van der Waals surface area contributed by atoms with Crippen LogP contribution in [0.2, 0.25) is 0 Å². The molecule has 1 aromatic carbocycles. The van der Waals surface area contributed by atoms with E-state index in [1.165, 1.54) is 0 Å². The summed E-state index contributed by atoms with van der Waals surface area (Å²) in [5.74, 6) is 0.492. The monoisotopic (exact) mass is 204 g/mol. The normalized spacial score (nSPS) is 10.2. The molecule has 0 amide bonds. The van der Waals surface area contributed by atoms with Gasteiger partial charge >= 0.3 is 6.01 Å². The van der Waals surface area contributed by atoms with E-state index in [2.05, 4.69) is 15.5 Å². The lowest BCUT2D eigenvalue weighted by Crippen LogP contribution is -1.95. The molecule has 1 aromatic heterocycles. The molecule has 0 aliphatic carbocycles. The molecule has 0 radical (unpaired) electrons. The second kappa shape index (κ2) is 4.00. The van der Waals surface area contributed by atoms with Crippen LogP contribution in [0.3, 0.4) is 0 Å². The van der Waals surface area contributed by atoms with Gasteiger partial charge in [0.1, 0.15) is 0 Å². The summed E-state index contributed by atoms with van der Waals surface area (Å²) in [6.45, 7) is 2.72. The third-order valence-electron chi connectivity index (χ3n) is 1.91. The van der Waals surface area contributed by atoms with E-state index in [0.29, 0.717) is 17.6 Å². The molecule has 3 N–H and O–H groups in total. The van der Waals surface area contributed by atoms with E-state index in [9.17, 15) is 0 Å². The van der Waals surface area contributed by atoms with Crippen molar-refractivity contribution in [3.05, 3.63) is 24.3 Å². The number of nitrogens with two attached hydrogens (primary N) is 1. The van der Waals surface area contributed by atoms with Gasteiger partial charge in [0.15, 0.2) is 0 Å². The maximum atomic E-state index is 5.58. The van der Waals surface area contributed by atoms with Gasteiger partial charge in [-0.05, 0) is 31.2 Å². The number of anilines is 2. The molecule has 1 heterocycles. The first-order chi connectivity index (χ1) is 7.29. The van der Waals surface area contributed by atoms with Gasteiger partial charge in [0.25, 0.3) is 0 Å². The summed E-state index contributed by atoms with van der Waals surface area (Å²) in [5.41, 5.74) is 7.15. The molecule has 5 heteroatoms. The van der Waals surface area contributed by atoms with Crippen LogP contribution < -0.4 is 11.1 Å². The quantitative estimate of drug-likeness (QED) is 0.745. The summed E-state index contributed by atoms with van der Waals surface area (Å²) in [5, 5.41) is 10.7. The lowest BCUT2D eigenvalue weighted by atomic mass is 10.2. The Morgan fingerprint density at radius 2 is 2.00 bits per heavy atom. The molecular formula is C10H12N4O. The van der Waals surface area contributed by atoms with Crippen LogP contribution in [0.25, 0.3) is 11.5 Å². The first-order valence-electron chi connectivity index (χ1n) is 4.73. The maximum absolute atomic E-state index is 5.58. The fourth-order valence-corrected chi connectivity index (χ4v) is 1.19. The van der Waals surface area contributed by atoms with Gasteiger partial charge in [-0.25, -0.2) is 0 Å². The van der Waals surface area contributed by atoms with Gasteiger partial charge in [-0.2, -0.15) is 0 Å². The van der Waals surface area contributed by atoms with Crippen molar-refractivity contribution in [2.45, 2.75) is 6.92 Å². The van der Waals surface area contributed by atoms with Crippen molar-refractivity contribution in [2.24, 2.45) is 0 Å². The zero-order valence-corrected chi connectivity index (χ0v) is 8.40. The van der Waals surface area contributed by atoms with Crippen molar-refractivity contribution in [3.8, 4) is 11.5 Å². The molecule has 78 valence electrons. The average molecular weight is 204 g/mol. The molecule has 0 fully saturated rings. The van der Waals surface area contributed by atoms with Gasteiger partial charge in [0, 0.05) is 17.8 Å². The van der Waals surface area contributed by atoms with E-state index in [-0.39, 0.29) is 0 Å². The van der Waals surface area contributed by atoms with E-state index < -0.39 is 0 Å². The van der Waals surface area contributed by atoms with Gasteiger partial charge in [-0.1, -0.05) is 5.10 Å². The number of benzene rings is 1. The molecule has 0 saturated carbocycles. The molecule has 5 nitrogen and oxygen atoms in total. The van der Waals surface area contributed by atoms with Gasteiger partial charge in [0.05, 0.1) is 0 Å². The van der Waals surface area contributed by atoms with Crippen LogP contribution in [0.15, 0.2) is 28.7 Å². The second-order valence-electron chi connectivity index (χ2n) is 3.06. The Bertz CT molecular complexity index is 435. The Labute approximate surface area is 87.3 Å². The predicted octanol–water partition coefficient (Wildman–Crippen LogP) is 1.75. The molecule has 0 aliphatic rings. The standard InChI is InChI=1S/C10H12N4O/c1-2-12-10-14-13-9(15-10)7-3-5-8(11)6-4-7/h3-6H,2,11H2,1H3,(H,12,14). The molecule has 0 atom stereocenters. The minimum absolute atomic E-state index is 0.435. The van der Waals surface area contributed by atoms with Crippen molar-refractivity contribution < 1.29 is 4.42 Å². The fraction of sp³-hybridized carbons (Fsp3) is 0.200. The molecule has 0 bridgehead atoms. The molecule has 0 unspecified atom stereocenters. The summed E-state index contributed by atoms with van der Waals surface area (Å²) in [4.78, 5) is 0. The highest BCUT2D eigenvalue weighted by atomic mass is 16.4. The topological polar surface area (TPSA) is 77.0 Å². The van der Waals surface area contributed by atoms with E-state index in [1.54, 1.807) is 12.1 Å². The first kappa shape index (κ1) is 9.51. The molecule has 15 heavy (non-hydrogen) atoms. The number of aromatic nitrogens is 2. The highest BCUT2D eigenvalue weighted by molar-refractivity contribution is 5.57. The Kier molecular flexibility index (Phi) is 2.53. The smallest absolute Gasteiger partial charge is 0.315 e. The van der Waals surface area contributed by atoms with Gasteiger partial charge < -0.3 is 15.5 Å². The predicted molar refractivity (Wildman–Crippen MR) is 58.3 cm³/mol. The van der Waals surface area contributed by atoms with E-state index in [0.717, 1.165) is 12.1 Å². The van der Waals surface area contributed by atoms with Crippen LogP contribution in [0.5, 0.6) is 0 Å². The minimum atomic E-state index is 0.435. The van der Waals surface area contributed by atoms with Crippen LogP contribution in [-0.4, -0.2) is 16.7 Å². The third-order valence-corrected chi connectivity index (χ3v) is 1.91. The highest BCUT2D eigenvalue weighted by Gasteiger charge is 2.06. The summed E-state index contributed by atoms with van der Waals surface area (Å²) in [7, 11) is 0. The van der Waals surface area contributed by atoms with Crippen molar-refractivity contribution >= 4 is 11.7 Å². The Balaban J connectivity index is 2.25. The molecule has 2 aromatic rings. The van der Waals surface area contributed by atoms with Crippen LogP contribution in [-0.2, 0) is 0 Å². The van der Waals surface area contributed by atoms with Crippen LogP contribution in [0, 0.1) is 0 Å². The van der Waals surface area contributed by atoms with Crippen LogP contribution in [0.1, 0.15) is 6.92 Å². The number of rotatable bonds is 3. The third kappa shape index (κ3) is 2.07. The van der Waals surface area contributed by atoms with Crippen molar-refractivity contribution in [1.82, 2.24) is 10.2 Å². The average Bonchev–Trinajstić information content (AvgIpc) is 2.68. The molecule has 0 aliphatic heterocycles. The van der Waals surface area contributed by atoms with E-state index >= 15 is 0 Å². The molecule has 0 spiro atoms. The summed E-state index contributed by atoms with van der Waals surface area (Å²) < 4.78 is 5.38. The molecule has 2 rings (SSSR count). The van der Waals surface area contributed by atoms with Gasteiger partial charge in [-0.15, -0.1) is 5.10 Å². The number of nitrogen functional groups attached to an aromatic ring is 1. The van der Waals surface area contributed by atoms with Gasteiger partial charge in [-0.3, -0.25) is 0 Å². The number of hydrogen-bond acceptors (Lipinski definition) is 5. The van der Waals surface area contributed by atoms with Gasteiger partial charge in [0.2, 0.25) is 5.89 Å². The van der Waals surface area contributed by atoms with E-state index in [4.69, 9.17) is 10.2 Å². The maximum Gasteiger partial charge on any atom is 0.315 e. The van der Waals surface area contributed by atoms with E-state index in [1.807, 2.05) is 19.1 Å². The van der Waals surface area contributed by atoms with Crippen LogP contribution >= 0.6 is 0 Å². The zero-order valence-electron chi connectivity index (χ0n) is 8.40. The fourth-order valence-electron chi connectivity index (χ4n) is 1.19. The lowest BCUT2D eigenvalue weighted by Gasteiger charge is -1.95. The largest absolute Gasteiger partial charge is 0.403 e. The zero-order chi connectivity index (χ0) is 10.7.